The molecule has 1 aromatic carbocycles. The molecule has 0 amide bonds. The highest BCUT2D eigenvalue weighted by molar-refractivity contribution is 9.10. The fourth-order valence-electron chi connectivity index (χ4n) is 1.21. The Hall–Kier alpha value is -0.480. The molecule has 108 valence electrons. The quantitative estimate of drug-likeness (QED) is 0.525. The summed E-state index contributed by atoms with van der Waals surface area (Å²) >= 11 is 2.45. The molecule has 0 radical (unpaired) electrons. The molecule has 0 saturated carbocycles. The number of hydrogen-bond acceptors (Lipinski definition) is 2. The number of alkyl halides is 6. The molecule has 0 saturated heterocycles. The second kappa shape index (κ2) is 4.81. The Bertz CT molecular complexity index is 607. The van der Waals surface area contributed by atoms with Crippen LogP contribution in [0.3, 0.4) is 0 Å². The summed E-state index contributed by atoms with van der Waals surface area (Å²) in [6.45, 7) is 0. The molecular weight excluding hydrogens is 389 g/mol. The zero-order valence-corrected chi connectivity index (χ0v) is 11.6. The van der Waals surface area contributed by atoms with E-state index in [4.69, 9.17) is 10.7 Å². The van der Waals surface area contributed by atoms with Crippen LogP contribution in [0.4, 0.5) is 26.3 Å². The van der Waals surface area contributed by atoms with Gasteiger partial charge in [0.2, 0.25) is 0 Å². The third-order valence-corrected chi connectivity index (χ3v) is 4.23. The lowest BCUT2D eigenvalue weighted by molar-refractivity contribution is -0.162. The van der Waals surface area contributed by atoms with Crippen molar-refractivity contribution in [2.24, 2.45) is 0 Å². The fraction of sp³-hybridized carbons (Fsp3) is 0.250. The van der Waals surface area contributed by atoms with Gasteiger partial charge >= 0.3 is 12.4 Å². The van der Waals surface area contributed by atoms with E-state index in [-0.39, 0.29) is 12.1 Å². The fourth-order valence-corrected chi connectivity index (χ4v) is 3.41. The minimum absolute atomic E-state index is 0.0259. The average Bonchev–Trinajstić information content (AvgIpc) is 2.11. The molecule has 0 aliphatic carbocycles. The van der Waals surface area contributed by atoms with Gasteiger partial charge in [0.15, 0.2) is 0 Å². The smallest absolute Gasteiger partial charge is 0.207 e. The highest BCUT2D eigenvalue weighted by atomic mass is 79.9. The van der Waals surface area contributed by atoms with Gasteiger partial charge in [0, 0.05) is 15.2 Å². The summed E-state index contributed by atoms with van der Waals surface area (Å²) in [4.78, 5) is -1.09. The Morgan fingerprint density at radius 2 is 1.32 bits per heavy atom. The molecule has 0 aliphatic heterocycles. The third kappa shape index (κ3) is 3.76. The molecule has 0 fully saturated rings. The van der Waals surface area contributed by atoms with Crippen LogP contribution in [0.5, 0.6) is 0 Å². The van der Waals surface area contributed by atoms with E-state index in [1.165, 1.54) is 0 Å². The van der Waals surface area contributed by atoms with E-state index in [2.05, 4.69) is 15.9 Å². The minimum Gasteiger partial charge on any atom is -0.207 e. The minimum atomic E-state index is -5.37. The van der Waals surface area contributed by atoms with Crippen molar-refractivity contribution in [3.8, 4) is 0 Å². The van der Waals surface area contributed by atoms with Crippen LogP contribution in [0.2, 0.25) is 0 Å². The molecule has 0 spiro atoms. The van der Waals surface area contributed by atoms with Gasteiger partial charge in [0.05, 0.1) is 16.0 Å². The topological polar surface area (TPSA) is 34.1 Å². The van der Waals surface area contributed by atoms with Crippen LogP contribution in [0.1, 0.15) is 11.1 Å². The zero-order chi connectivity index (χ0) is 15.2. The van der Waals surface area contributed by atoms with E-state index in [0.717, 1.165) is 0 Å². The van der Waals surface area contributed by atoms with Crippen molar-refractivity contribution in [1.82, 2.24) is 0 Å². The van der Waals surface area contributed by atoms with Crippen LogP contribution < -0.4 is 0 Å². The molecule has 0 unspecified atom stereocenters. The maximum absolute atomic E-state index is 12.5. The second-order valence-electron chi connectivity index (χ2n) is 3.26. The van der Waals surface area contributed by atoms with Crippen LogP contribution in [-0.4, -0.2) is 8.42 Å². The van der Waals surface area contributed by atoms with Crippen molar-refractivity contribution >= 4 is 35.7 Å². The van der Waals surface area contributed by atoms with Crippen molar-refractivity contribution in [1.29, 1.82) is 0 Å². The van der Waals surface area contributed by atoms with Crippen molar-refractivity contribution < 1.29 is 34.8 Å². The molecule has 11 heteroatoms. The van der Waals surface area contributed by atoms with Gasteiger partial charge in [-0.25, -0.2) is 8.42 Å². The SMILES string of the molecule is O=S(=O)(Cl)c1cc(C(F)(F)F)c(C(F)(F)F)cc1Br. The van der Waals surface area contributed by atoms with Crippen LogP contribution in [-0.2, 0) is 21.4 Å². The van der Waals surface area contributed by atoms with Crippen molar-refractivity contribution in [3.05, 3.63) is 27.7 Å². The van der Waals surface area contributed by atoms with Gasteiger partial charge in [0.25, 0.3) is 9.05 Å². The predicted octanol–water partition coefficient (Wildman–Crippen LogP) is 4.41. The van der Waals surface area contributed by atoms with Crippen molar-refractivity contribution in [2.45, 2.75) is 17.2 Å². The molecular formula is C8H2BrClF6O2S. The van der Waals surface area contributed by atoms with E-state index in [9.17, 15) is 34.8 Å². The number of hydrogen-bond donors (Lipinski definition) is 0. The Morgan fingerprint density at radius 1 is 0.947 bits per heavy atom. The maximum atomic E-state index is 12.5. The first-order chi connectivity index (χ1) is 8.24. The lowest BCUT2D eigenvalue weighted by Crippen LogP contribution is -2.17. The largest absolute Gasteiger partial charge is 0.417 e. The Balaban J connectivity index is 3.76. The third-order valence-electron chi connectivity index (χ3n) is 1.95. The van der Waals surface area contributed by atoms with Gasteiger partial charge in [-0.15, -0.1) is 0 Å². The number of halogens is 8. The summed E-state index contributed by atoms with van der Waals surface area (Å²) in [5.41, 5.74) is -4.13. The van der Waals surface area contributed by atoms with Gasteiger partial charge in [-0.3, -0.25) is 0 Å². The van der Waals surface area contributed by atoms with E-state index < -0.39 is 41.9 Å². The molecule has 1 rings (SSSR count). The Labute approximate surface area is 115 Å². The van der Waals surface area contributed by atoms with Gasteiger partial charge in [-0.2, -0.15) is 26.3 Å². The number of rotatable bonds is 1. The normalized spacial score (nSPS) is 13.7. The lowest BCUT2D eigenvalue weighted by Gasteiger charge is -2.17. The Kier molecular flexibility index (Phi) is 4.20. The summed E-state index contributed by atoms with van der Waals surface area (Å²) in [7, 11) is 0.226. The van der Waals surface area contributed by atoms with E-state index in [1.807, 2.05) is 0 Å². The molecule has 19 heavy (non-hydrogen) atoms. The van der Waals surface area contributed by atoms with Crippen LogP contribution in [0.15, 0.2) is 21.5 Å². The second-order valence-corrected chi connectivity index (χ2v) is 6.65. The summed E-state index contributed by atoms with van der Waals surface area (Å²) in [5, 5.41) is 0. The van der Waals surface area contributed by atoms with E-state index in [0.29, 0.717) is 0 Å². The molecule has 0 N–H and O–H groups in total. The Morgan fingerprint density at radius 3 is 1.63 bits per heavy atom. The first kappa shape index (κ1) is 16.6. The van der Waals surface area contributed by atoms with Crippen LogP contribution in [0.25, 0.3) is 0 Å². The first-order valence-corrected chi connectivity index (χ1v) is 7.27. The van der Waals surface area contributed by atoms with Crippen LogP contribution in [0, 0.1) is 0 Å². The molecule has 0 bridgehead atoms. The van der Waals surface area contributed by atoms with Gasteiger partial charge in [-0.05, 0) is 28.1 Å². The molecule has 0 heterocycles. The van der Waals surface area contributed by atoms with E-state index >= 15 is 0 Å². The van der Waals surface area contributed by atoms with E-state index in [1.54, 1.807) is 0 Å². The maximum Gasteiger partial charge on any atom is 0.417 e. The summed E-state index contributed by atoms with van der Waals surface area (Å²) in [6, 6.07) is -0.132. The summed E-state index contributed by atoms with van der Waals surface area (Å²) in [5.74, 6) is 0. The lowest BCUT2D eigenvalue weighted by atomic mass is 10.1. The summed E-state index contributed by atoms with van der Waals surface area (Å²) < 4.78 is 96.3. The van der Waals surface area contributed by atoms with Gasteiger partial charge < -0.3 is 0 Å². The van der Waals surface area contributed by atoms with Crippen LogP contribution >= 0.6 is 26.6 Å². The predicted molar refractivity (Wildman–Crippen MR) is 57.2 cm³/mol. The summed E-state index contributed by atoms with van der Waals surface area (Å²) in [6.07, 6.45) is -10.7. The first-order valence-electron chi connectivity index (χ1n) is 4.17. The van der Waals surface area contributed by atoms with Gasteiger partial charge in [0.1, 0.15) is 0 Å². The molecule has 1 aromatic rings. The van der Waals surface area contributed by atoms with Crippen molar-refractivity contribution in [3.63, 3.8) is 0 Å². The monoisotopic (exact) mass is 390 g/mol. The molecule has 2 nitrogen and oxygen atoms in total. The highest BCUT2D eigenvalue weighted by Crippen LogP contribution is 2.43. The number of benzene rings is 1. The zero-order valence-electron chi connectivity index (χ0n) is 8.40. The molecule has 0 aromatic heterocycles. The standard InChI is InChI=1S/C8H2BrClF6O2S/c9-5-1-3(7(11,12)13)4(8(14,15)16)2-6(5)19(10,17)18/h1-2H. The molecule has 0 aliphatic rings. The van der Waals surface area contributed by atoms with Crippen molar-refractivity contribution in [2.75, 3.05) is 0 Å². The highest BCUT2D eigenvalue weighted by Gasteiger charge is 2.44. The molecule has 0 atom stereocenters. The van der Waals surface area contributed by atoms with Gasteiger partial charge in [-0.1, -0.05) is 0 Å². The average molecular weight is 392 g/mol.